The van der Waals surface area contributed by atoms with E-state index in [-0.39, 0.29) is 12.0 Å². The molecular weight excluding hydrogens is 372 g/mol. The van der Waals surface area contributed by atoms with Crippen molar-refractivity contribution in [3.8, 4) is 5.75 Å². The van der Waals surface area contributed by atoms with Gasteiger partial charge in [0.2, 0.25) is 0 Å². The zero-order chi connectivity index (χ0) is 21.0. The number of ether oxygens (including phenoxy) is 2. The lowest BCUT2D eigenvalue weighted by Gasteiger charge is -2.16. The van der Waals surface area contributed by atoms with Crippen LogP contribution in [0.5, 0.6) is 5.75 Å². The first kappa shape index (κ1) is 20.1. The molecule has 7 nitrogen and oxygen atoms in total. The predicted molar refractivity (Wildman–Crippen MR) is 110 cm³/mol. The lowest BCUT2D eigenvalue weighted by molar-refractivity contribution is -0.153. The summed E-state index contributed by atoms with van der Waals surface area (Å²) in [6.45, 7) is 3.28. The van der Waals surface area contributed by atoms with E-state index in [1.54, 1.807) is 41.0 Å². The number of nitrogens with one attached hydrogen (secondary N) is 1. The molecule has 1 heterocycles. The fourth-order valence-electron chi connectivity index (χ4n) is 2.98. The molecule has 0 saturated carbocycles. The molecule has 7 heteroatoms. The number of anilines is 1. The van der Waals surface area contributed by atoms with E-state index < -0.39 is 18.0 Å². The predicted octanol–water partition coefficient (Wildman–Crippen LogP) is 2.89. The maximum Gasteiger partial charge on any atom is 0.326 e. The molecule has 0 radical (unpaired) electrons. The Hall–Kier alpha value is -3.61. The van der Waals surface area contributed by atoms with Crippen molar-refractivity contribution in [2.75, 3.05) is 12.4 Å². The van der Waals surface area contributed by atoms with Crippen LogP contribution < -0.4 is 15.5 Å². The summed E-state index contributed by atoms with van der Waals surface area (Å²) in [5.74, 6) is -0.535. The molecule has 0 aliphatic heterocycles. The van der Waals surface area contributed by atoms with E-state index >= 15 is 0 Å². The number of aryl methyl sites for hydroxylation is 1. The highest BCUT2D eigenvalue weighted by Gasteiger charge is 2.20. The average molecular weight is 394 g/mol. The molecular formula is C22H22N2O5. The summed E-state index contributed by atoms with van der Waals surface area (Å²) >= 11 is 0. The van der Waals surface area contributed by atoms with Crippen LogP contribution in [0.25, 0.3) is 10.9 Å². The number of carbonyl (C=O) groups is 2. The van der Waals surface area contributed by atoms with Crippen molar-refractivity contribution in [1.82, 2.24) is 4.57 Å². The van der Waals surface area contributed by atoms with E-state index in [0.29, 0.717) is 22.3 Å². The van der Waals surface area contributed by atoms with Crippen molar-refractivity contribution in [2.24, 2.45) is 0 Å². The Morgan fingerprint density at radius 2 is 1.90 bits per heavy atom. The molecule has 3 rings (SSSR count). The second-order valence-corrected chi connectivity index (χ2v) is 6.65. The van der Waals surface area contributed by atoms with Crippen LogP contribution in [-0.2, 0) is 20.9 Å². The molecule has 0 bridgehead atoms. The van der Waals surface area contributed by atoms with Gasteiger partial charge in [-0.1, -0.05) is 18.2 Å². The lowest BCUT2D eigenvalue weighted by atomic mass is 10.2. The number of carbonyl (C=O) groups excluding carboxylic acids is 2. The quantitative estimate of drug-likeness (QED) is 0.650. The molecule has 0 aliphatic rings. The maximum atomic E-state index is 12.4. The van der Waals surface area contributed by atoms with E-state index in [0.717, 1.165) is 5.56 Å². The molecule has 0 aliphatic carbocycles. The number of methoxy groups -OCH3 is 1. The Morgan fingerprint density at radius 3 is 2.66 bits per heavy atom. The van der Waals surface area contributed by atoms with Crippen molar-refractivity contribution >= 4 is 28.5 Å². The summed E-state index contributed by atoms with van der Waals surface area (Å²) in [6.07, 6.45) is 0.534. The van der Waals surface area contributed by atoms with Crippen LogP contribution in [0.15, 0.2) is 59.5 Å². The number of hydrogen-bond acceptors (Lipinski definition) is 5. The van der Waals surface area contributed by atoms with Gasteiger partial charge in [-0.2, -0.15) is 0 Å². The summed E-state index contributed by atoms with van der Waals surface area (Å²) in [5.41, 5.74) is 1.96. The first-order chi connectivity index (χ1) is 13.9. The van der Waals surface area contributed by atoms with Crippen LogP contribution in [0.1, 0.15) is 12.5 Å². The van der Waals surface area contributed by atoms with Crippen LogP contribution >= 0.6 is 0 Å². The number of amides is 1. The zero-order valence-electron chi connectivity index (χ0n) is 16.5. The van der Waals surface area contributed by atoms with E-state index in [9.17, 15) is 14.4 Å². The van der Waals surface area contributed by atoms with E-state index in [1.807, 2.05) is 13.0 Å². The minimum absolute atomic E-state index is 0.119. The number of nitrogens with zero attached hydrogens (tertiary/aromatic N) is 1. The third-order valence-electron chi connectivity index (χ3n) is 4.47. The molecule has 0 spiro atoms. The molecule has 1 amide bonds. The Kier molecular flexibility index (Phi) is 5.97. The van der Waals surface area contributed by atoms with Crippen molar-refractivity contribution < 1.29 is 19.1 Å². The first-order valence-corrected chi connectivity index (χ1v) is 9.12. The van der Waals surface area contributed by atoms with Gasteiger partial charge < -0.3 is 19.4 Å². The summed E-state index contributed by atoms with van der Waals surface area (Å²) < 4.78 is 12.1. The first-order valence-electron chi connectivity index (χ1n) is 9.12. The molecule has 29 heavy (non-hydrogen) atoms. The molecule has 3 aromatic rings. The molecule has 0 fully saturated rings. The van der Waals surface area contributed by atoms with Crippen molar-refractivity contribution in [3.05, 3.63) is 70.5 Å². The topological polar surface area (TPSA) is 86.6 Å². The van der Waals surface area contributed by atoms with Gasteiger partial charge in [0.1, 0.15) is 12.3 Å². The number of esters is 1. The van der Waals surface area contributed by atoms with Crippen LogP contribution in [0.3, 0.4) is 0 Å². The lowest BCUT2D eigenvalue weighted by Crippen LogP contribution is -2.31. The summed E-state index contributed by atoms with van der Waals surface area (Å²) in [6, 6.07) is 13.8. The number of para-hydroxylation sites is 1. The van der Waals surface area contributed by atoms with E-state index in [1.165, 1.54) is 26.3 Å². The van der Waals surface area contributed by atoms with Crippen LogP contribution in [0.4, 0.5) is 5.69 Å². The molecule has 0 unspecified atom stereocenters. The number of rotatable bonds is 6. The highest BCUT2D eigenvalue weighted by Crippen LogP contribution is 2.25. The maximum absolute atomic E-state index is 12.4. The second-order valence-electron chi connectivity index (χ2n) is 6.65. The van der Waals surface area contributed by atoms with Gasteiger partial charge in [0, 0.05) is 17.6 Å². The fraction of sp³-hybridized carbons (Fsp3) is 0.227. The average Bonchev–Trinajstić information content (AvgIpc) is 2.70. The van der Waals surface area contributed by atoms with Crippen LogP contribution in [0, 0.1) is 6.92 Å². The van der Waals surface area contributed by atoms with E-state index in [2.05, 4.69) is 5.32 Å². The number of hydrogen-bond donors (Lipinski definition) is 1. The number of benzene rings is 2. The van der Waals surface area contributed by atoms with Gasteiger partial charge in [-0.25, -0.2) is 0 Å². The summed E-state index contributed by atoms with van der Waals surface area (Å²) in [7, 11) is 1.51. The highest BCUT2D eigenvalue weighted by atomic mass is 16.5. The van der Waals surface area contributed by atoms with Crippen LogP contribution in [0.2, 0.25) is 0 Å². The summed E-state index contributed by atoms with van der Waals surface area (Å²) in [4.78, 5) is 36.7. The molecule has 1 atom stereocenters. The third kappa shape index (κ3) is 4.63. The molecule has 0 saturated heterocycles. The third-order valence-corrected chi connectivity index (χ3v) is 4.47. The smallest absolute Gasteiger partial charge is 0.326 e. The van der Waals surface area contributed by atoms with Crippen molar-refractivity contribution in [1.29, 1.82) is 0 Å². The monoisotopic (exact) mass is 394 g/mol. The zero-order valence-corrected chi connectivity index (χ0v) is 16.5. The van der Waals surface area contributed by atoms with Crippen molar-refractivity contribution in [2.45, 2.75) is 26.5 Å². The van der Waals surface area contributed by atoms with Crippen molar-refractivity contribution in [3.63, 3.8) is 0 Å². The largest absolute Gasteiger partial charge is 0.495 e. The van der Waals surface area contributed by atoms with Gasteiger partial charge in [0.25, 0.3) is 5.91 Å². The Bertz CT molecular complexity index is 1120. The van der Waals surface area contributed by atoms with Gasteiger partial charge in [-0.3, -0.25) is 14.4 Å². The Morgan fingerprint density at radius 1 is 1.14 bits per heavy atom. The van der Waals surface area contributed by atoms with Gasteiger partial charge in [-0.15, -0.1) is 0 Å². The van der Waals surface area contributed by atoms with E-state index in [4.69, 9.17) is 9.47 Å². The minimum atomic E-state index is -1.00. The number of fused-ring (bicyclic) bond motifs is 1. The molecule has 2 aromatic carbocycles. The molecule has 1 aromatic heterocycles. The Balaban J connectivity index is 1.68. The highest BCUT2D eigenvalue weighted by molar-refractivity contribution is 5.96. The SMILES string of the molecule is COc1ccc(C)cc1NC(=O)[C@H](C)OC(=O)Cn1ccc(=O)c2ccccc21. The van der Waals surface area contributed by atoms with Gasteiger partial charge in [-0.05, 0) is 43.7 Å². The van der Waals surface area contributed by atoms with Crippen LogP contribution in [-0.4, -0.2) is 29.7 Å². The second kappa shape index (κ2) is 8.60. The van der Waals surface area contributed by atoms with Gasteiger partial charge in [0.05, 0.1) is 18.3 Å². The Labute approximate surface area is 167 Å². The number of pyridine rings is 1. The summed E-state index contributed by atoms with van der Waals surface area (Å²) in [5, 5.41) is 3.23. The normalized spacial score (nSPS) is 11.7. The van der Waals surface area contributed by atoms with Gasteiger partial charge >= 0.3 is 5.97 Å². The minimum Gasteiger partial charge on any atom is -0.495 e. The fourth-order valence-corrected chi connectivity index (χ4v) is 2.98. The molecule has 1 N–H and O–H groups in total. The van der Waals surface area contributed by atoms with Gasteiger partial charge in [0.15, 0.2) is 11.5 Å². The number of aromatic nitrogens is 1. The standard InChI is InChI=1S/C22H22N2O5/c1-14-8-9-20(28-3)17(12-14)23-22(27)15(2)29-21(26)13-24-11-10-19(25)16-6-4-5-7-18(16)24/h4-12,15H,13H2,1-3H3,(H,23,27)/t15-/m0/s1. The molecule has 150 valence electrons.